The first-order valence-corrected chi connectivity index (χ1v) is 9.69. The Kier molecular flexibility index (Phi) is 6.26. The van der Waals surface area contributed by atoms with Crippen LogP contribution in [-0.4, -0.2) is 25.1 Å². The van der Waals surface area contributed by atoms with Gasteiger partial charge in [0.1, 0.15) is 0 Å². The van der Waals surface area contributed by atoms with Crippen molar-refractivity contribution < 1.29 is 14.3 Å². The Morgan fingerprint density at radius 2 is 1.85 bits per heavy atom. The summed E-state index contributed by atoms with van der Waals surface area (Å²) in [5, 5.41) is 5.25. The molecule has 7 heteroatoms. The fraction of sp³-hybridized carbons (Fsp3) is 0.100. The summed E-state index contributed by atoms with van der Waals surface area (Å²) in [5.41, 5.74) is 2.65. The molecule has 3 aromatic rings. The first-order chi connectivity index (χ1) is 13.1. The van der Waals surface area contributed by atoms with Gasteiger partial charge in [-0.1, -0.05) is 34.1 Å². The molecular weight excluding hydrogens is 428 g/mol. The molecule has 0 spiro atoms. The highest BCUT2D eigenvalue weighted by Crippen LogP contribution is 2.28. The number of halogens is 1. The Bertz CT molecular complexity index is 968. The maximum atomic E-state index is 12.2. The second-order valence-corrected chi connectivity index (χ2v) is 7.26. The van der Waals surface area contributed by atoms with E-state index < -0.39 is 0 Å². The molecule has 0 saturated heterocycles. The Labute approximate surface area is 169 Å². The van der Waals surface area contributed by atoms with E-state index in [2.05, 4.69) is 26.2 Å². The Morgan fingerprint density at radius 3 is 2.56 bits per heavy atom. The minimum Gasteiger partial charge on any atom is -0.493 e. The zero-order valence-corrected chi connectivity index (χ0v) is 17.1. The Balaban J connectivity index is 1.66. The number of benzene rings is 2. The Morgan fingerprint density at radius 1 is 1.11 bits per heavy atom. The lowest BCUT2D eigenvalue weighted by Gasteiger charge is -2.07. The maximum absolute atomic E-state index is 12.2. The lowest BCUT2D eigenvalue weighted by molar-refractivity contribution is -0.111. The minimum absolute atomic E-state index is 0.249. The molecule has 1 heterocycles. The topological polar surface area (TPSA) is 60.5 Å². The highest BCUT2D eigenvalue weighted by molar-refractivity contribution is 9.10. The summed E-state index contributed by atoms with van der Waals surface area (Å²) in [7, 11) is 3.15. The van der Waals surface area contributed by atoms with Gasteiger partial charge in [0.2, 0.25) is 5.91 Å². The van der Waals surface area contributed by atoms with Gasteiger partial charge >= 0.3 is 0 Å². The van der Waals surface area contributed by atoms with Gasteiger partial charge in [-0.15, -0.1) is 11.3 Å². The fourth-order valence-electron chi connectivity index (χ4n) is 2.36. The fourth-order valence-corrected chi connectivity index (χ4v) is 3.35. The van der Waals surface area contributed by atoms with Crippen LogP contribution < -0.4 is 14.8 Å². The normalized spacial score (nSPS) is 10.8. The first kappa shape index (κ1) is 19.1. The summed E-state index contributed by atoms with van der Waals surface area (Å²) in [4.78, 5) is 16.6. The van der Waals surface area contributed by atoms with Crippen molar-refractivity contribution in [3.63, 3.8) is 0 Å². The highest BCUT2D eigenvalue weighted by atomic mass is 79.9. The van der Waals surface area contributed by atoms with Crippen LogP contribution in [0, 0.1) is 0 Å². The van der Waals surface area contributed by atoms with Crippen molar-refractivity contribution in [1.29, 1.82) is 0 Å². The van der Waals surface area contributed by atoms with Crippen molar-refractivity contribution in [3.05, 3.63) is 64.0 Å². The summed E-state index contributed by atoms with van der Waals surface area (Å²) in [6.45, 7) is 0. The van der Waals surface area contributed by atoms with Gasteiger partial charge in [-0.25, -0.2) is 4.98 Å². The third-order valence-electron chi connectivity index (χ3n) is 3.71. The van der Waals surface area contributed by atoms with Crippen molar-refractivity contribution in [2.75, 3.05) is 19.5 Å². The zero-order valence-electron chi connectivity index (χ0n) is 14.7. The molecule has 0 fully saturated rings. The maximum Gasteiger partial charge on any atom is 0.250 e. The lowest BCUT2D eigenvalue weighted by Crippen LogP contribution is -2.07. The molecule has 27 heavy (non-hydrogen) atoms. The van der Waals surface area contributed by atoms with Gasteiger partial charge in [-0.05, 0) is 35.9 Å². The van der Waals surface area contributed by atoms with Crippen molar-refractivity contribution in [2.24, 2.45) is 0 Å². The summed E-state index contributed by atoms with van der Waals surface area (Å²) >= 11 is 4.80. The van der Waals surface area contributed by atoms with Crippen LogP contribution in [0.25, 0.3) is 17.3 Å². The molecule has 1 N–H and O–H groups in total. The minimum atomic E-state index is -0.249. The lowest BCUT2D eigenvalue weighted by atomic mass is 10.2. The van der Waals surface area contributed by atoms with Gasteiger partial charge in [0.15, 0.2) is 16.6 Å². The average Bonchev–Trinajstić information content (AvgIpc) is 3.15. The predicted molar refractivity (Wildman–Crippen MR) is 112 cm³/mol. The molecule has 3 rings (SSSR count). The smallest absolute Gasteiger partial charge is 0.250 e. The van der Waals surface area contributed by atoms with E-state index in [-0.39, 0.29) is 5.91 Å². The van der Waals surface area contributed by atoms with Crippen LogP contribution in [0.3, 0.4) is 0 Å². The number of ether oxygens (including phenoxy) is 2. The molecule has 5 nitrogen and oxygen atoms in total. The predicted octanol–water partition coefficient (Wildman–Crippen LogP) is 5.24. The standard InChI is InChI=1S/C20H17BrN2O3S/c1-25-17-9-3-13(11-18(17)26-2)4-10-19(24)23-20-22-16(12-27-20)14-5-7-15(21)8-6-14/h3-12H,1-2H3,(H,22,23,24). The van der Waals surface area contributed by atoms with Crippen LogP contribution in [0.5, 0.6) is 11.5 Å². The van der Waals surface area contributed by atoms with Gasteiger partial charge in [-0.3, -0.25) is 10.1 Å². The number of hydrogen-bond acceptors (Lipinski definition) is 5. The summed E-state index contributed by atoms with van der Waals surface area (Å²) in [6, 6.07) is 13.3. The third-order valence-corrected chi connectivity index (χ3v) is 5.00. The van der Waals surface area contributed by atoms with E-state index in [1.165, 1.54) is 17.4 Å². The SMILES string of the molecule is COc1ccc(C=CC(=O)Nc2nc(-c3ccc(Br)cc3)cs2)cc1OC. The molecular formula is C20H17BrN2O3S. The molecule has 0 radical (unpaired) electrons. The number of thiazole rings is 1. The molecule has 0 aliphatic rings. The van der Waals surface area contributed by atoms with E-state index in [4.69, 9.17) is 9.47 Å². The average molecular weight is 445 g/mol. The van der Waals surface area contributed by atoms with Crippen molar-refractivity contribution >= 4 is 44.4 Å². The number of carbonyl (C=O) groups excluding carboxylic acids is 1. The number of aromatic nitrogens is 1. The molecule has 1 amide bonds. The number of amides is 1. The second kappa shape index (κ2) is 8.83. The van der Waals surface area contributed by atoms with Crippen LogP contribution in [-0.2, 0) is 4.79 Å². The van der Waals surface area contributed by atoms with Gasteiger partial charge in [-0.2, -0.15) is 0 Å². The zero-order chi connectivity index (χ0) is 19.2. The molecule has 1 aromatic heterocycles. The van der Waals surface area contributed by atoms with Gasteiger partial charge in [0, 0.05) is 21.5 Å². The molecule has 0 aliphatic heterocycles. The number of rotatable bonds is 6. The van der Waals surface area contributed by atoms with E-state index in [0.29, 0.717) is 16.6 Å². The highest BCUT2D eigenvalue weighted by Gasteiger charge is 2.07. The number of nitrogens with one attached hydrogen (secondary N) is 1. The van der Waals surface area contributed by atoms with Gasteiger partial charge in [0.05, 0.1) is 19.9 Å². The van der Waals surface area contributed by atoms with Crippen LogP contribution in [0.4, 0.5) is 5.13 Å². The van der Waals surface area contributed by atoms with Crippen LogP contribution in [0.1, 0.15) is 5.56 Å². The van der Waals surface area contributed by atoms with E-state index in [9.17, 15) is 4.79 Å². The van der Waals surface area contributed by atoms with E-state index in [1.807, 2.05) is 35.7 Å². The van der Waals surface area contributed by atoms with Gasteiger partial charge in [0.25, 0.3) is 0 Å². The van der Waals surface area contributed by atoms with Crippen molar-refractivity contribution in [2.45, 2.75) is 0 Å². The number of carbonyl (C=O) groups is 1. The Hall–Kier alpha value is -2.64. The van der Waals surface area contributed by atoms with E-state index >= 15 is 0 Å². The molecule has 0 saturated carbocycles. The summed E-state index contributed by atoms with van der Waals surface area (Å²) < 4.78 is 11.5. The largest absolute Gasteiger partial charge is 0.493 e. The van der Waals surface area contributed by atoms with Gasteiger partial charge < -0.3 is 9.47 Å². The van der Waals surface area contributed by atoms with Crippen molar-refractivity contribution in [3.8, 4) is 22.8 Å². The molecule has 2 aromatic carbocycles. The van der Waals surface area contributed by atoms with E-state index in [1.54, 1.807) is 32.4 Å². The van der Waals surface area contributed by atoms with E-state index in [0.717, 1.165) is 21.3 Å². The number of hydrogen-bond donors (Lipinski definition) is 1. The summed E-state index contributed by atoms with van der Waals surface area (Å²) in [5.74, 6) is 1.00. The monoisotopic (exact) mass is 444 g/mol. The molecule has 0 aliphatic carbocycles. The molecule has 0 bridgehead atoms. The molecule has 0 atom stereocenters. The number of methoxy groups -OCH3 is 2. The van der Waals surface area contributed by atoms with Crippen molar-refractivity contribution in [1.82, 2.24) is 4.98 Å². The quantitative estimate of drug-likeness (QED) is 0.527. The van der Waals surface area contributed by atoms with Crippen LogP contribution >= 0.6 is 27.3 Å². The van der Waals surface area contributed by atoms with Crippen LogP contribution in [0.2, 0.25) is 0 Å². The number of nitrogens with zero attached hydrogens (tertiary/aromatic N) is 1. The van der Waals surface area contributed by atoms with Crippen LogP contribution in [0.15, 0.2) is 58.4 Å². The number of anilines is 1. The second-order valence-electron chi connectivity index (χ2n) is 5.48. The third kappa shape index (κ3) is 4.96. The molecule has 138 valence electrons. The summed E-state index contributed by atoms with van der Waals surface area (Å²) in [6.07, 6.45) is 3.17. The molecule has 0 unspecified atom stereocenters. The first-order valence-electron chi connectivity index (χ1n) is 8.01.